The Morgan fingerprint density at radius 1 is 1.03 bits per heavy atom. The van der Waals surface area contributed by atoms with E-state index in [4.69, 9.17) is 0 Å². The minimum atomic E-state index is -0.581. The molecule has 1 N–H and O–H groups in total. The van der Waals surface area contributed by atoms with Crippen LogP contribution in [0.25, 0.3) is 11.5 Å². The molecular formula is C26H28FN7O2. The lowest BCUT2D eigenvalue weighted by molar-refractivity contribution is 0.102. The van der Waals surface area contributed by atoms with Gasteiger partial charge in [0.15, 0.2) is 5.82 Å². The van der Waals surface area contributed by atoms with Gasteiger partial charge in [0.2, 0.25) is 0 Å². The second kappa shape index (κ2) is 9.00. The van der Waals surface area contributed by atoms with E-state index in [0.29, 0.717) is 36.8 Å². The van der Waals surface area contributed by atoms with Gasteiger partial charge >= 0.3 is 6.03 Å². The van der Waals surface area contributed by atoms with Gasteiger partial charge < -0.3 is 19.7 Å². The topological polar surface area (TPSA) is 96.2 Å². The lowest BCUT2D eigenvalue weighted by Crippen LogP contribution is -2.44. The first-order valence-corrected chi connectivity index (χ1v) is 12.6. The number of rotatable bonds is 3. The van der Waals surface area contributed by atoms with Crippen LogP contribution in [0.15, 0.2) is 30.3 Å². The Balaban J connectivity index is 1.21. The summed E-state index contributed by atoms with van der Waals surface area (Å²) in [4.78, 5) is 34.1. The number of hydrogen-bond acceptors (Lipinski definition) is 5. The number of urea groups is 1. The van der Waals surface area contributed by atoms with Crippen molar-refractivity contribution >= 4 is 17.8 Å². The maximum absolute atomic E-state index is 14.9. The largest absolute Gasteiger partial charge is 0.325 e. The molecule has 1 atom stereocenters. The Labute approximate surface area is 208 Å². The summed E-state index contributed by atoms with van der Waals surface area (Å²) in [6.07, 6.45) is 4.51. The molecule has 0 aliphatic carbocycles. The average molecular weight is 490 g/mol. The maximum atomic E-state index is 14.9. The molecule has 2 aromatic heterocycles. The summed E-state index contributed by atoms with van der Waals surface area (Å²) in [6, 6.07) is 8.56. The van der Waals surface area contributed by atoms with Crippen molar-refractivity contribution in [2.45, 2.75) is 51.6 Å². The molecule has 1 fully saturated rings. The summed E-state index contributed by atoms with van der Waals surface area (Å²) in [5.41, 5.74) is 2.18. The molecule has 3 aromatic rings. The van der Waals surface area contributed by atoms with Crippen LogP contribution in [0.3, 0.4) is 0 Å². The van der Waals surface area contributed by atoms with Gasteiger partial charge in [-0.1, -0.05) is 6.07 Å². The van der Waals surface area contributed by atoms with Crippen molar-refractivity contribution in [2.24, 2.45) is 0 Å². The smallest absolute Gasteiger partial charge is 0.320 e. The summed E-state index contributed by atoms with van der Waals surface area (Å²) in [5.74, 6) is 0.744. The van der Waals surface area contributed by atoms with E-state index in [9.17, 15) is 14.0 Å². The van der Waals surface area contributed by atoms with E-state index in [1.54, 1.807) is 23.1 Å². The van der Waals surface area contributed by atoms with Crippen LogP contribution in [0.5, 0.6) is 0 Å². The molecule has 186 valence electrons. The molecule has 1 saturated heterocycles. The predicted molar refractivity (Wildman–Crippen MR) is 131 cm³/mol. The van der Waals surface area contributed by atoms with Crippen LogP contribution in [0.2, 0.25) is 0 Å². The number of benzene rings is 1. The number of nitrogens with one attached hydrogen (secondary N) is 1. The number of halogens is 1. The minimum absolute atomic E-state index is 0.0174. The first-order chi connectivity index (χ1) is 17.5. The fraction of sp³-hybridized carbons (Fsp3) is 0.423. The summed E-state index contributed by atoms with van der Waals surface area (Å²) < 4.78 is 17.0. The Hall–Kier alpha value is -3.82. The van der Waals surface area contributed by atoms with Gasteiger partial charge in [-0.2, -0.15) is 0 Å². The molecular weight excluding hydrogens is 461 g/mol. The van der Waals surface area contributed by atoms with E-state index in [-0.39, 0.29) is 17.6 Å². The Morgan fingerprint density at radius 2 is 1.86 bits per heavy atom. The third kappa shape index (κ3) is 4.00. The normalized spacial score (nSPS) is 18.8. The van der Waals surface area contributed by atoms with E-state index in [1.165, 1.54) is 6.07 Å². The van der Waals surface area contributed by atoms with Crippen molar-refractivity contribution < 1.29 is 14.0 Å². The zero-order chi connectivity index (χ0) is 24.8. The van der Waals surface area contributed by atoms with Gasteiger partial charge in [0.25, 0.3) is 5.91 Å². The number of aromatic nitrogens is 4. The molecule has 3 aliphatic rings. The van der Waals surface area contributed by atoms with E-state index >= 15 is 0 Å². The van der Waals surface area contributed by atoms with E-state index < -0.39 is 11.7 Å². The molecule has 0 unspecified atom stereocenters. The maximum Gasteiger partial charge on any atom is 0.320 e. The van der Waals surface area contributed by atoms with Crippen molar-refractivity contribution in [2.75, 3.05) is 25.0 Å². The van der Waals surface area contributed by atoms with Crippen LogP contribution in [-0.2, 0) is 19.4 Å². The molecule has 3 amide bonds. The van der Waals surface area contributed by atoms with Crippen molar-refractivity contribution in [1.29, 1.82) is 0 Å². The number of pyridine rings is 1. The molecule has 5 heterocycles. The highest BCUT2D eigenvalue weighted by Crippen LogP contribution is 2.30. The number of carbonyl (C=O) groups excluding carboxylic acids is 2. The van der Waals surface area contributed by atoms with E-state index in [1.807, 2.05) is 11.0 Å². The van der Waals surface area contributed by atoms with Crippen LogP contribution < -0.4 is 5.32 Å². The van der Waals surface area contributed by atoms with E-state index in [2.05, 4.69) is 32.0 Å². The monoisotopic (exact) mass is 489 g/mol. The first-order valence-electron chi connectivity index (χ1n) is 12.6. The zero-order valence-corrected chi connectivity index (χ0v) is 20.2. The van der Waals surface area contributed by atoms with Gasteiger partial charge in [-0.15, -0.1) is 10.2 Å². The van der Waals surface area contributed by atoms with Crippen molar-refractivity contribution in [3.8, 4) is 11.5 Å². The molecule has 10 heteroatoms. The van der Waals surface area contributed by atoms with Crippen LogP contribution >= 0.6 is 0 Å². The number of aryl methyl sites for hydroxylation is 1. The highest BCUT2D eigenvalue weighted by Gasteiger charge is 2.29. The highest BCUT2D eigenvalue weighted by molar-refractivity contribution is 6.04. The third-order valence-corrected chi connectivity index (χ3v) is 7.41. The number of likely N-dealkylation sites (tertiary alicyclic amines) is 1. The Bertz CT molecular complexity index is 1350. The number of anilines is 1. The number of nitrogens with zero attached hydrogens (tertiary/aromatic N) is 6. The second-order valence-electron chi connectivity index (χ2n) is 9.81. The number of carbonyl (C=O) groups is 2. The quantitative estimate of drug-likeness (QED) is 0.604. The SMILES string of the molecule is C[C@H]1CCc2nnc(-c3cccc(NC(=O)c4cc5c(cc4F)CCN(C(=O)N4CCCC4)C5)n3)n21. The first kappa shape index (κ1) is 22.6. The molecule has 36 heavy (non-hydrogen) atoms. The summed E-state index contributed by atoms with van der Waals surface area (Å²) in [6.45, 7) is 4.60. The van der Waals surface area contributed by atoms with Crippen molar-refractivity contribution in [1.82, 2.24) is 29.5 Å². The van der Waals surface area contributed by atoms with Gasteiger partial charge in [-0.25, -0.2) is 14.2 Å². The molecule has 9 nitrogen and oxygen atoms in total. The third-order valence-electron chi connectivity index (χ3n) is 7.41. The van der Waals surface area contributed by atoms with Crippen LogP contribution in [0.1, 0.15) is 59.5 Å². The van der Waals surface area contributed by atoms with Crippen LogP contribution in [0.4, 0.5) is 15.0 Å². The van der Waals surface area contributed by atoms with Crippen molar-refractivity contribution in [3.05, 3.63) is 58.7 Å². The van der Waals surface area contributed by atoms with Crippen LogP contribution in [-0.4, -0.2) is 61.1 Å². The predicted octanol–water partition coefficient (Wildman–Crippen LogP) is 3.81. The van der Waals surface area contributed by atoms with E-state index in [0.717, 1.165) is 55.7 Å². The molecule has 0 spiro atoms. The molecule has 0 radical (unpaired) electrons. The van der Waals surface area contributed by atoms with Gasteiger partial charge in [0, 0.05) is 38.6 Å². The minimum Gasteiger partial charge on any atom is -0.325 e. The van der Waals surface area contributed by atoms with Gasteiger partial charge in [0.05, 0.1) is 5.56 Å². The van der Waals surface area contributed by atoms with Crippen LogP contribution in [0, 0.1) is 5.82 Å². The molecule has 6 rings (SSSR count). The number of amides is 3. The summed E-state index contributed by atoms with van der Waals surface area (Å²) in [5, 5.41) is 11.3. The standard InChI is InChI=1S/C26H28FN7O2/c1-16-7-8-23-30-31-24(34(16)23)21-5-4-6-22(28-21)29-25(35)19-13-18-15-33(12-9-17(18)14-20(19)27)26(36)32-10-2-3-11-32/h4-6,13-14,16H,2-3,7-12,15H2,1H3,(H,28,29,35)/t16-/m0/s1. The summed E-state index contributed by atoms with van der Waals surface area (Å²) >= 11 is 0. The molecule has 1 aromatic carbocycles. The fourth-order valence-corrected chi connectivity index (χ4v) is 5.44. The molecule has 0 saturated carbocycles. The Morgan fingerprint density at radius 3 is 2.69 bits per heavy atom. The zero-order valence-electron chi connectivity index (χ0n) is 20.2. The average Bonchev–Trinajstić information content (AvgIpc) is 3.63. The molecule has 3 aliphatic heterocycles. The number of hydrogen-bond donors (Lipinski definition) is 1. The number of fused-ring (bicyclic) bond motifs is 2. The second-order valence-corrected chi connectivity index (χ2v) is 9.81. The Kier molecular flexibility index (Phi) is 5.66. The lowest BCUT2D eigenvalue weighted by atomic mass is 9.96. The fourth-order valence-electron chi connectivity index (χ4n) is 5.44. The lowest BCUT2D eigenvalue weighted by Gasteiger charge is -2.32. The highest BCUT2D eigenvalue weighted by atomic mass is 19.1. The van der Waals surface area contributed by atoms with Gasteiger partial charge in [-0.05, 0) is 68.0 Å². The summed E-state index contributed by atoms with van der Waals surface area (Å²) in [7, 11) is 0. The van der Waals surface area contributed by atoms with Crippen molar-refractivity contribution in [3.63, 3.8) is 0 Å². The van der Waals surface area contributed by atoms with Gasteiger partial charge in [0.1, 0.15) is 23.2 Å². The molecule has 0 bridgehead atoms. The van der Waals surface area contributed by atoms with Gasteiger partial charge in [-0.3, -0.25) is 4.79 Å².